The van der Waals surface area contributed by atoms with Gasteiger partial charge in [0.2, 0.25) is 0 Å². The number of H-pyrrole nitrogens is 1. The number of hydrogen-bond donors (Lipinski definition) is 2. The molecule has 3 aliphatic rings. The van der Waals surface area contributed by atoms with Gasteiger partial charge in [0, 0.05) is 12.3 Å². The van der Waals surface area contributed by atoms with Gasteiger partial charge in [0.05, 0.1) is 29.1 Å². The molecule has 1 saturated heterocycles. The minimum absolute atomic E-state index is 0.0509. The Morgan fingerprint density at radius 3 is 1.82 bits per heavy atom. The number of halogens is 1. The van der Waals surface area contributed by atoms with Gasteiger partial charge in [-0.3, -0.25) is 14.3 Å². The maximum atomic E-state index is 16.0. The van der Waals surface area contributed by atoms with Crippen LogP contribution in [0.5, 0.6) is 0 Å². The van der Waals surface area contributed by atoms with Gasteiger partial charge in [-0.15, -0.1) is 0 Å². The highest BCUT2D eigenvalue weighted by molar-refractivity contribution is 7.91. The predicted molar refractivity (Wildman–Crippen MR) is 172 cm³/mol. The number of ether oxygens (including phenoxy) is 1. The average Bonchev–Trinajstić information content (AvgIpc) is 3.13. The summed E-state index contributed by atoms with van der Waals surface area (Å²) in [5.41, 5.74) is -3.94. The fraction of sp³-hybridized carbons (Fsp3) is 0.875. The van der Waals surface area contributed by atoms with Crippen molar-refractivity contribution < 1.29 is 31.1 Å². The number of sulfone groups is 2. The number of hydrogen-bond acceptors (Lipinski definition) is 8. The number of aromatic amines is 1. The standard InChI is InChI=1S/C32H53FN2O8S2/c1-32(33)29(37)28(43-30(32)35-19-18-27(36)34-31(35)38)26(16-8-22-44(39,40)20-4-2-10-24-12-6-13-24)17-9-23-45(41,42)21-5-3-11-25-14-7-15-25/h18-19,24-26,28-30,37H,2-17,20-23H2,1H3,(H,34,36,38)/t28-,29-,30-,32-/m1/s1. The second-order valence-electron chi connectivity index (χ2n) is 14.0. The maximum absolute atomic E-state index is 16.0. The van der Waals surface area contributed by atoms with Crippen LogP contribution in [0.25, 0.3) is 0 Å². The highest BCUT2D eigenvalue weighted by atomic mass is 32.2. The Morgan fingerprint density at radius 1 is 0.889 bits per heavy atom. The van der Waals surface area contributed by atoms with E-state index in [-0.39, 0.29) is 48.7 Å². The van der Waals surface area contributed by atoms with E-state index in [0.29, 0.717) is 12.8 Å². The molecule has 0 unspecified atom stereocenters. The lowest BCUT2D eigenvalue weighted by Gasteiger charge is -2.27. The molecule has 10 nitrogen and oxygen atoms in total. The number of nitrogens with zero attached hydrogens (tertiary/aromatic N) is 1. The minimum atomic E-state index is -3.30. The number of aliphatic hydroxyl groups excluding tert-OH is 1. The normalized spacial score (nSPS) is 26.3. The molecule has 4 atom stereocenters. The second kappa shape index (κ2) is 16.0. The SMILES string of the molecule is C[C@@]1(F)[C@H](O)[C@@H](C(CCCS(=O)(=O)CCCCC2CCC2)CCCS(=O)(=O)CCCCC2CCC2)O[C@H]1n1ccc(=O)[nH]c1=O. The van der Waals surface area contributed by atoms with E-state index in [4.69, 9.17) is 4.74 Å². The molecule has 1 aromatic rings. The summed E-state index contributed by atoms with van der Waals surface area (Å²) < 4.78 is 74.0. The zero-order valence-electron chi connectivity index (χ0n) is 26.7. The summed E-state index contributed by atoms with van der Waals surface area (Å²) in [5, 5.41) is 11.1. The summed E-state index contributed by atoms with van der Waals surface area (Å²) in [7, 11) is -6.60. The molecule has 1 aliphatic heterocycles. The molecule has 2 aliphatic carbocycles. The van der Waals surface area contributed by atoms with Crippen LogP contribution in [-0.2, 0) is 24.4 Å². The molecule has 2 heterocycles. The van der Waals surface area contributed by atoms with Crippen molar-refractivity contribution >= 4 is 19.7 Å². The monoisotopic (exact) mass is 676 g/mol. The third-order valence-electron chi connectivity index (χ3n) is 10.4. The average molecular weight is 677 g/mol. The summed E-state index contributed by atoms with van der Waals surface area (Å²) in [6, 6.07) is 1.06. The molecule has 1 aromatic heterocycles. The van der Waals surface area contributed by atoms with Crippen molar-refractivity contribution in [3.63, 3.8) is 0 Å². The van der Waals surface area contributed by atoms with E-state index in [0.717, 1.165) is 61.3 Å². The van der Waals surface area contributed by atoms with Crippen LogP contribution in [0.15, 0.2) is 21.9 Å². The van der Waals surface area contributed by atoms with Crippen molar-refractivity contribution in [1.29, 1.82) is 0 Å². The molecule has 0 amide bonds. The molecular weight excluding hydrogens is 623 g/mol. The first-order chi connectivity index (χ1) is 21.3. The molecule has 0 bridgehead atoms. The number of nitrogens with one attached hydrogen (secondary N) is 1. The Balaban J connectivity index is 1.36. The first kappa shape index (κ1) is 36.3. The lowest BCUT2D eigenvalue weighted by molar-refractivity contribution is -0.0666. The fourth-order valence-electron chi connectivity index (χ4n) is 7.02. The molecule has 3 fully saturated rings. The van der Waals surface area contributed by atoms with Crippen molar-refractivity contribution in [2.75, 3.05) is 23.0 Å². The van der Waals surface area contributed by atoms with Gasteiger partial charge in [-0.05, 0) is 63.2 Å². The first-order valence-corrected chi connectivity index (χ1v) is 20.7. The zero-order chi connectivity index (χ0) is 32.7. The van der Waals surface area contributed by atoms with Gasteiger partial charge in [0.1, 0.15) is 25.8 Å². The Bertz CT molecular complexity index is 1360. The van der Waals surface area contributed by atoms with E-state index < -0.39 is 60.9 Å². The van der Waals surface area contributed by atoms with Crippen LogP contribution >= 0.6 is 0 Å². The fourth-order valence-corrected chi connectivity index (χ4v) is 9.93. The third kappa shape index (κ3) is 10.5. The molecule has 0 spiro atoms. The van der Waals surface area contributed by atoms with Crippen LogP contribution in [0.2, 0.25) is 0 Å². The molecule has 4 rings (SSSR count). The van der Waals surface area contributed by atoms with Crippen LogP contribution in [0.4, 0.5) is 4.39 Å². The van der Waals surface area contributed by atoms with E-state index in [1.165, 1.54) is 38.5 Å². The Kier molecular flexibility index (Phi) is 12.9. The van der Waals surface area contributed by atoms with E-state index in [9.17, 15) is 31.5 Å². The van der Waals surface area contributed by atoms with Crippen molar-refractivity contribution in [1.82, 2.24) is 9.55 Å². The molecule has 13 heteroatoms. The molecule has 258 valence electrons. The van der Waals surface area contributed by atoms with Gasteiger partial charge in [0.25, 0.3) is 5.56 Å². The van der Waals surface area contributed by atoms with Gasteiger partial charge in [-0.2, -0.15) is 0 Å². The van der Waals surface area contributed by atoms with Crippen LogP contribution in [-0.4, -0.2) is 72.4 Å². The van der Waals surface area contributed by atoms with Crippen LogP contribution < -0.4 is 11.2 Å². The Hall–Kier alpha value is -1.57. The summed E-state index contributed by atoms with van der Waals surface area (Å²) in [4.78, 5) is 26.1. The van der Waals surface area contributed by atoms with Crippen LogP contribution in [0.3, 0.4) is 0 Å². The maximum Gasteiger partial charge on any atom is 0.330 e. The van der Waals surface area contributed by atoms with Crippen LogP contribution in [0.1, 0.15) is 116 Å². The van der Waals surface area contributed by atoms with Crippen molar-refractivity contribution in [3.05, 3.63) is 33.1 Å². The Labute approximate surface area is 267 Å². The number of rotatable bonds is 20. The van der Waals surface area contributed by atoms with Gasteiger partial charge >= 0.3 is 5.69 Å². The minimum Gasteiger partial charge on any atom is -0.387 e. The van der Waals surface area contributed by atoms with Gasteiger partial charge in [0.15, 0.2) is 11.9 Å². The number of aliphatic hydroxyl groups is 1. The van der Waals surface area contributed by atoms with Crippen LogP contribution in [0, 0.1) is 17.8 Å². The van der Waals surface area contributed by atoms with E-state index in [1.807, 2.05) is 0 Å². The summed E-state index contributed by atoms with van der Waals surface area (Å²) in [6.45, 7) is 1.12. The quantitative estimate of drug-likeness (QED) is 0.192. The topological polar surface area (TPSA) is 153 Å². The molecule has 0 aromatic carbocycles. The van der Waals surface area contributed by atoms with E-state index in [2.05, 4.69) is 4.98 Å². The number of aromatic nitrogens is 2. The first-order valence-electron chi connectivity index (χ1n) is 17.0. The van der Waals surface area contributed by atoms with Gasteiger partial charge in [-0.25, -0.2) is 26.0 Å². The third-order valence-corrected chi connectivity index (χ3v) is 14.0. The van der Waals surface area contributed by atoms with Crippen molar-refractivity contribution in [2.24, 2.45) is 17.8 Å². The van der Waals surface area contributed by atoms with Crippen molar-refractivity contribution in [3.8, 4) is 0 Å². The Morgan fingerprint density at radius 2 is 1.38 bits per heavy atom. The smallest absolute Gasteiger partial charge is 0.330 e. The largest absolute Gasteiger partial charge is 0.387 e. The molecular formula is C32H53FN2O8S2. The lowest BCUT2D eigenvalue weighted by atomic mass is 9.82. The highest BCUT2D eigenvalue weighted by Gasteiger charge is 2.56. The number of unbranched alkanes of at least 4 members (excludes halogenated alkanes) is 2. The highest BCUT2D eigenvalue weighted by Crippen LogP contribution is 2.44. The van der Waals surface area contributed by atoms with Gasteiger partial charge < -0.3 is 9.84 Å². The van der Waals surface area contributed by atoms with E-state index >= 15 is 4.39 Å². The number of alkyl halides is 1. The molecule has 45 heavy (non-hydrogen) atoms. The molecule has 2 N–H and O–H groups in total. The van der Waals surface area contributed by atoms with Crippen molar-refractivity contribution in [2.45, 2.75) is 134 Å². The lowest BCUT2D eigenvalue weighted by Crippen LogP contribution is -2.44. The second-order valence-corrected chi connectivity index (χ2v) is 18.6. The summed E-state index contributed by atoms with van der Waals surface area (Å²) in [5.74, 6) is 1.06. The zero-order valence-corrected chi connectivity index (χ0v) is 28.3. The molecule has 0 radical (unpaired) electrons. The molecule has 2 saturated carbocycles. The summed E-state index contributed by atoms with van der Waals surface area (Å²) in [6.07, 6.45) is 10.6. The predicted octanol–water partition coefficient (Wildman–Crippen LogP) is 4.47. The summed E-state index contributed by atoms with van der Waals surface area (Å²) >= 11 is 0. The van der Waals surface area contributed by atoms with E-state index in [1.54, 1.807) is 0 Å². The van der Waals surface area contributed by atoms with Gasteiger partial charge in [-0.1, -0.05) is 64.2 Å².